The Morgan fingerprint density at radius 1 is 0.926 bits per heavy atom. The zero-order valence-corrected chi connectivity index (χ0v) is 15.8. The Morgan fingerprint density at radius 3 is 2.37 bits per heavy atom. The number of aryl methyl sites for hydroxylation is 1. The number of hydrazone groups is 1. The van der Waals surface area contributed by atoms with Crippen LogP contribution in [0.2, 0.25) is 0 Å². The van der Waals surface area contributed by atoms with Gasteiger partial charge in [-0.1, -0.05) is 35.9 Å². The molecule has 0 radical (unpaired) electrons. The molecule has 0 aliphatic rings. The lowest BCUT2D eigenvalue weighted by molar-refractivity contribution is 0.0954. The Kier molecular flexibility index (Phi) is 5.78. The van der Waals surface area contributed by atoms with E-state index in [1.165, 1.54) is 11.3 Å². The van der Waals surface area contributed by atoms with Crippen LogP contribution in [0, 0.1) is 6.92 Å². The van der Waals surface area contributed by atoms with Crippen molar-refractivity contribution >= 4 is 34.6 Å². The summed E-state index contributed by atoms with van der Waals surface area (Å²) in [5.74, 6) is -0.383. The van der Waals surface area contributed by atoms with Gasteiger partial charge in [-0.25, -0.2) is 5.43 Å². The number of anilines is 1. The fraction of sp³-hybridized carbons (Fsp3) is 0.0952. The number of carbonyl (C=O) groups is 2. The van der Waals surface area contributed by atoms with Gasteiger partial charge in [0.1, 0.15) is 0 Å². The molecule has 0 aliphatic heterocycles. The predicted molar refractivity (Wildman–Crippen MR) is 110 cm³/mol. The maximum Gasteiger partial charge on any atom is 0.271 e. The first kappa shape index (κ1) is 18.5. The van der Waals surface area contributed by atoms with Crippen molar-refractivity contribution in [3.8, 4) is 0 Å². The second-order valence-corrected chi connectivity index (χ2v) is 6.96. The zero-order chi connectivity index (χ0) is 19.2. The fourth-order valence-electron chi connectivity index (χ4n) is 2.45. The van der Waals surface area contributed by atoms with Crippen LogP contribution in [0.4, 0.5) is 5.69 Å². The monoisotopic (exact) mass is 377 g/mol. The van der Waals surface area contributed by atoms with Gasteiger partial charge in [-0.2, -0.15) is 5.10 Å². The zero-order valence-electron chi connectivity index (χ0n) is 15.0. The number of amides is 2. The molecule has 0 spiro atoms. The third-order valence-corrected chi connectivity index (χ3v) is 4.78. The summed E-state index contributed by atoms with van der Waals surface area (Å²) in [7, 11) is 0. The van der Waals surface area contributed by atoms with E-state index in [1.807, 2.05) is 67.8 Å². The summed E-state index contributed by atoms with van der Waals surface area (Å²) in [6.07, 6.45) is 0. The molecule has 0 aliphatic carbocycles. The molecule has 27 heavy (non-hydrogen) atoms. The topological polar surface area (TPSA) is 70.6 Å². The van der Waals surface area contributed by atoms with Crippen LogP contribution in [-0.4, -0.2) is 17.5 Å². The largest absolute Gasteiger partial charge is 0.321 e. The van der Waals surface area contributed by atoms with Crippen LogP contribution < -0.4 is 10.7 Å². The molecule has 2 aromatic carbocycles. The number of benzene rings is 2. The molecule has 0 bridgehead atoms. The Balaban J connectivity index is 1.63. The summed E-state index contributed by atoms with van der Waals surface area (Å²) in [4.78, 5) is 24.9. The molecule has 1 aromatic heterocycles. The fourth-order valence-corrected chi connectivity index (χ4v) is 3.06. The minimum Gasteiger partial charge on any atom is -0.321 e. The van der Waals surface area contributed by atoms with Gasteiger partial charge in [-0.05, 0) is 55.1 Å². The minimum atomic E-state index is -0.252. The van der Waals surface area contributed by atoms with Crippen LogP contribution in [0.1, 0.15) is 38.1 Å². The van der Waals surface area contributed by atoms with E-state index in [9.17, 15) is 9.59 Å². The van der Waals surface area contributed by atoms with Crippen molar-refractivity contribution in [1.29, 1.82) is 0 Å². The molecule has 2 N–H and O–H groups in total. The van der Waals surface area contributed by atoms with E-state index in [1.54, 1.807) is 12.1 Å². The third-order valence-electron chi connectivity index (χ3n) is 3.91. The number of hydrogen-bond acceptors (Lipinski definition) is 4. The van der Waals surface area contributed by atoms with Gasteiger partial charge in [-0.15, -0.1) is 11.3 Å². The predicted octanol–water partition coefficient (Wildman–Crippen LogP) is 4.46. The van der Waals surface area contributed by atoms with Crippen molar-refractivity contribution in [2.24, 2.45) is 5.10 Å². The molecule has 2 amide bonds. The van der Waals surface area contributed by atoms with E-state index in [2.05, 4.69) is 15.8 Å². The quantitative estimate of drug-likeness (QED) is 0.509. The van der Waals surface area contributed by atoms with Crippen molar-refractivity contribution in [3.05, 3.63) is 87.6 Å². The molecule has 0 saturated heterocycles. The summed E-state index contributed by atoms with van der Waals surface area (Å²) in [6, 6.07) is 18.3. The number of rotatable bonds is 5. The highest BCUT2D eigenvalue weighted by Gasteiger charge is 2.08. The van der Waals surface area contributed by atoms with E-state index in [0.717, 1.165) is 11.1 Å². The maximum absolute atomic E-state index is 12.2. The van der Waals surface area contributed by atoms with E-state index in [4.69, 9.17) is 0 Å². The molecular weight excluding hydrogens is 358 g/mol. The number of hydrogen-bond donors (Lipinski definition) is 2. The summed E-state index contributed by atoms with van der Waals surface area (Å²) in [5, 5.41) is 8.88. The van der Waals surface area contributed by atoms with Crippen LogP contribution in [-0.2, 0) is 0 Å². The highest BCUT2D eigenvalue weighted by Crippen LogP contribution is 2.14. The first-order chi connectivity index (χ1) is 13.0. The first-order valence-corrected chi connectivity index (χ1v) is 9.27. The van der Waals surface area contributed by atoms with Gasteiger partial charge in [0.05, 0.1) is 10.6 Å². The highest BCUT2D eigenvalue weighted by atomic mass is 32.1. The SMILES string of the molecule is C/C(=N\NC(=O)c1cccc(C)c1)c1ccc(NC(=O)c2cccs2)cc1. The summed E-state index contributed by atoms with van der Waals surface area (Å²) < 4.78 is 0. The van der Waals surface area contributed by atoms with Gasteiger partial charge < -0.3 is 5.32 Å². The highest BCUT2D eigenvalue weighted by molar-refractivity contribution is 7.12. The number of nitrogens with one attached hydrogen (secondary N) is 2. The summed E-state index contributed by atoms with van der Waals surface area (Å²) in [5.41, 5.74) is 6.39. The standard InChI is InChI=1S/C21H19N3O2S/c1-14-5-3-6-17(13-14)20(25)24-23-15(2)16-8-10-18(11-9-16)22-21(26)19-7-4-12-27-19/h3-13H,1-2H3,(H,22,26)(H,24,25)/b23-15+. The lowest BCUT2D eigenvalue weighted by atomic mass is 10.1. The average Bonchev–Trinajstić information content (AvgIpc) is 3.21. The smallest absolute Gasteiger partial charge is 0.271 e. The van der Waals surface area contributed by atoms with Gasteiger partial charge in [-0.3, -0.25) is 9.59 Å². The molecule has 3 rings (SSSR count). The molecule has 0 saturated carbocycles. The average molecular weight is 377 g/mol. The Labute approximate surface area is 161 Å². The van der Waals surface area contributed by atoms with Crippen molar-refractivity contribution in [1.82, 2.24) is 5.43 Å². The van der Waals surface area contributed by atoms with Crippen molar-refractivity contribution in [2.45, 2.75) is 13.8 Å². The minimum absolute atomic E-state index is 0.131. The second-order valence-electron chi connectivity index (χ2n) is 6.02. The maximum atomic E-state index is 12.2. The Morgan fingerprint density at radius 2 is 1.70 bits per heavy atom. The van der Waals surface area contributed by atoms with Crippen LogP contribution in [0.3, 0.4) is 0 Å². The lowest BCUT2D eigenvalue weighted by Gasteiger charge is -2.06. The van der Waals surface area contributed by atoms with Crippen LogP contribution >= 0.6 is 11.3 Å². The molecule has 5 nitrogen and oxygen atoms in total. The number of carbonyl (C=O) groups excluding carboxylic acids is 2. The Bertz CT molecular complexity index is 977. The van der Waals surface area contributed by atoms with Gasteiger partial charge in [0.15, 0.2) is 0 Å². The lowest BCUT2D eigenvalue weighted by Crippen LogP contribution is -2.19. The van der Waals surface area contributed by atoms with Crippen molar-refractivity contribution in [3.63, 3.8) is 0 Å². The van der Waals surface area contributed by atoms with Gasteiger partial charge in [0.25, 0.3) is 11.8 Å². The molecule has 136 valence electrons. The van der Waals surface area contributed by atoms with Crippen LogP contribution in [0.5, 0.6) is 0 Å². The van der Waals surface area contributed by atoms with Crippen LogP contribution in [0.25, 0.3) is 0 Å². The molecule has 0 fully saturated rings. The van der Waals surface area contributed by atoms with Crippen LogP contribution in [0.15, 0.2) is 71.1 Å². The van der Waals surface area contributed by atoms with Gasteiger partial charge >= 0.3 is 0 Å². The summed E-state index contributed by atoms with van der Waals surface area (Å²) in [6.45, 7) is 3.75. The molecule has 6 heteroatoms. The van der Waals surface area contributed by atoms with Crippen molar-refractivity contribution < 1.29 is 9.59 Å². The number of thiophene rings is 1. The molecule has 3 aromatic rings. The van der Waals surface area contributed by atoms with Gasteiger partial charge in [0, 0.05) is 11.3 Å². The third kappa shape index (κ3) is 4.89. The molecule has 0 unspecified atom stereocenters. The van der Waals surface area contributed by atoms with E-state index >= 15 is 0 Å². The molecule has 0 atom stereocenters. The van der Waals surface area contributed by atoms with Gasteiger partial charge in [0.2, 0.25) is 0 Å². The normalized spacial score (nSPS) is 11.1. The molecular formula is C21H19N3O2S. The van der Waals surface area contributed by atoms with E-state index in [0.29, 0.717) is 21.8 Å². The number of nitrogens with zero attached hydrogens (tertiary/aromatic N) is 1. The van der Waals surface area contributed by atoms with Crippen molar-refractivity contribution in [2.75, 3.05) is 5.32 Å². The molecule has 1 heterocycles. The second kappa shape index (κ2) is 8.42. The Hall–Kier alpha value is -3.25. The van der Waals surface area contributed by atoms with E-state index < -0.39 is 0 Å². The van der Waals surface area contributed by atoms with E-state index in [-0.39, 0.29) is 11.8 Å². The summed E-state index contributed by atoms with van der Waals surface area (Å²) >= 11 is 1.40. The first-order valence-electron chi connectivity index (χ1n) is 8.39.